The number of hydrogen-bond acceptors (Lipinski definition) is 2. The first-order valence-corrected chi connectivity index (χ1v) is 6.02. The van der Waals surface area contributed by atoms with E-state index in [9.17, 15) is 9.50 Å². The Bertz CT molecular complexity index is 502. The van der Waals surface area contributed by atoms with Gasteiger partial charge in [-0.3, -0.25) is 0 Å². The minimum Gasteiger partial charge on any atom is -0.466 e. The molecule has 0 saturated carbocycles. The Kier molecular flexibility index (Phi) is 3.64. The van der Waals surface area contributed by atoms with Crippen LogP contribution in [0.15, 0.2) is 39.4 Å². The SMILES string of the molecule is Cc1ccoc1C(O)Cc1cc(F)cc(Br)c1. The fourth-order valence-electron chi connectivity index (χ4n) is 1.77. The van der Waals surface area contributed by atoms with E-state index < -0.39 is 6.10 Å². The zero-order valence-corrected chi connectivity index (χ0v) is 10.9. The van der Waals surface area contributed by atoms with Gasteiger partial charge in [0, 0.05) is 10.9 Å². The molecule has 0 aliphatic carbocycles. The molecule has 1 atom stereocenters. The molecule has 1 unspecified atom stereocenters. The lowest BCUT2D eigenvalue weighted by atomic mass is 10.0. The molecule has 17 heavy (non-hydrogen) atoms. The van der Waals surface area contributed by atoms with Crippen molar-refractivity contribution in [3.63, 3.8) is 0 Å². The van der Waals surface area contributed by atoms with Crippen LogP contribution in [0.25, 0.3) is 0 Å². The van der Waals surface area contributed by atoms with E-state index in [0.29, 0.717) is 16.7 Å². The maximum atomic E-state index is 13.2. The molecule has 2 aromatic rings. The Morgan fingerprint density at radius 3 is 2.76 bits per heavy atom. The maximum Gasteiger partial charge on any atom is 0.135 e. The summed E-state index contributed by atoms with van der Waals surface area (Å²) in [6.07, 6.45) is 1.11. The van der Waals surface area contributed by atoms with Gasteiger partial charge in [-0.25, -0.2) is 4.39 Å². The first-order valence-electron chi connectivity index (χ1n) is 5.23. The molecule has 1 N–H and O–H groups in total. The molecule has 1 heterocycles. The highest BCUT2D eigenvalue weighted by Gasteiger charge is 2.15. The molecule has 1 aromatic carbocycles. The molecule has 0 amide bonds. The fraction of sp³-hybridized carbons (Fsp3) is 0.231. The largest absolute Gasteiger partial charge is 0.466 e. The monoisotopic (exact) mass is 298 g/mol. The van der Waals surface area contributed by atoms with Crippen molar-refractivity contribution in [1.82, 2.24) is 0 Å². The van der Waals surface area contributed by atoms with Crippen molar-refractivity contribution in [3.05, 3.63) is 57.7 Å². The Hall–Kier alpha value is -1.13. The predicted molar refractivity (Wildman–Crippen MR) is 66.2 cm³/mol. The molecule has 0 fully saturated rings. The third-order valence-corrected chi connectivity index (χ3v) is 3.01. The molecule has 0 aliphatic rings. The number of halogens is 2. The third kappa shape index (κ3) is 2.96. The highest BCUT2D eigenvalue weighted by molar-refractivity contribution is 9.10. The molecule has 0 saturated heterocycles. The lowest BCUT2D eigenvalue weighted by Gasteiger charge is -2.09. The summed E-state index contributed by atoms with van der Waals surface area (Å²) in [5.74, 6) is 0.211. The zero-order chi connectivity index (χ0) is 12.4. The minimum atomic E-state index is -0.751. The van der Waals surface area contributed by atoms with Gasteiger partial charge in [0.2, 0.25) is 0 Å². The van der Waals surface area contributed by atoms with Gasteiger partial charge in [0.1, 0.15) is 17.7 Å². The van der Waals surface area contributed by atoms with Gasteiger partial charge < -0.3 is 9.52 Å². The van der Waals surface area contributed by atoms with Crippen LogP contribution in [-0.4, -0.2) is 5.11 Å². The summed E-state index contributed by atoms with van der Waals surface area (Å²) in [6.45, 7) is 1.86. The van der Waals surface area contributed by atoms with Gasteiger partial charge in [-0.15, -0.1) is 0 Å². The number of aryl methyl sites for hydroxylation is 1. The normalized spacial score (nSPS) is 12.7. The number of benzene rings is 1. The highest BCUT2D eigenvalue weighted by atomic mass is 79.9. The Labute approximate surface area is 107 Å². The van der Waals surface area contributed by atoms with Crippen LogP contribution in [0.5, 0.6) is 0 Å². The van der Waals surface area contributed by atoms with E-state index in [0.717, 1.165) is 11.1 Å². The Morgan fingerprint density at radius 1 is 1.41 bits per heavy atom. The van der Waals surface area contributed by atoms with Crippen LogP contribution >= 0.6 is 15.9 Å². The summed E-state index contributed by atoms with van der Waals surface area (Å²) >= 11 is 3.22. The van der Waals surface area contributed by atoms with Crippen LogP contribution in [0.1, 0.15) is 23.0 Å². The lowest BCUT2D eigenvalue weighted by Crippen LogP contribution is -2.02. The van der Waals surface area contributed by atoms with E-state index in [1.165, 1.54) is 18.4 Å². The van der Waals surface area contributed by atoms with Crippen molar-refractivity contribution in [1.29, 1.82) is 0 Å². The second-order valence-electron chi connectivity index (χ2n) is 3.97. The van der Waals surface area contributed by atoms with E-state index >= 15 is 0 Å². The molecular formula is C13H12BrFO2. The molecule has 4 heteroatoms. The second kappa shape index (κ2) is 5.02. The van der Waals surface area contributed by atoms with Crippen molar-refractivity contribution in [2.24, 2.45) is 0 Å². The zero-order valence-electron chi connectivity index (χ0n) is 9.28. The molecule has 0 radical (unpaired) electrons. The quantitative estimate of drug-likeness (QED) is 0.936. The maximum absolute atomic E-state index is 13.2. The van der Waals surface area contributed by atoms with Gasteiger partial charge in [-0.1, -0.05) is 15.9 Å². The molecule has 90 valence electrons. The van der Waals surface area contributed by atoms with Crippen molar-refractivity contribution >= 4 is 15.9 Å². The smallest absolute Gasteiger partial charge is 0.135 e. The third-order valence-electron chi connectivity index (χ3n) is 2.56. The molecule has 1 aromatic heterocycles. The summed E-state index contributed by atoms with van der Waals surface area (Å²) < 4.78 is 19.0. The Balaban J connectivity index is 2.18. The summed E-state index contributed by atoms with van der Waals surface area (Å²) in [4.78, 5) is 0. The first-order chi connectivity index (χ1) is 8.06. The van der Waals surface area contributed by atoms with Crippen LogP contribution in [-0.2, 0) is 6.42 Å². The van der Waals surface area contributed by atoms with Crippen LogP contribution in [0.4, 0.5) is 4.39 Å². The average Bonchev–Trinajstić information content (AvgIpc) is 2.62. The van der Waals surface area contributed by atoms with Gasteiger partial charge in [0.25, 0.3) is 0 Å². The average molecular weight is 299 g/mol. The van der Waals surface area contributed by atoms with Crippen LogP contribution in [0.2, 0.25) is 0 Å². The van der Waals surface area contributed by atoms with Crippen LogP contribution in [0, 0.1) is 12.7 Å². The molecule has 0 bridgehead atoms. The lowest BCUT2D eigenvalue weighted by molar-refractivity contribution is 0.149. The van der Waals surface area contributed by atoms with E-state index in [1.807, 2.05) is 6.92 Å². The second-order valence-corrected chi connectivity index (χ2v) is 4.88. The topological polar surface area (TPSA) is 33.4 Å². The molecule has 2 nitrogen and oxygen atoms in total. The van der Waals surface area contributed by atoms with E-state index in [-0.39, 0.29) is 5.82 Å². The van der Waals surface area contributed by atoms with Crippen molar-refractivity contribution in [2.75, 3.05) is 0 Å². The van der Waals surface area contributed by atoms with Gasteiger partial charge in [0.05, 0.1) is 6.26 Å². The minimum absolute atomic E-state index is 0.322. The number of aliphatic hydroxyl groups is 1. The van der Waals surface area contributed by atoms with Crippen molar-refractivity contribution in [3.8, 4) is 0 Å². The van der Waals surface area contributed by atoms with E-state index in [1.54, 1.807) is 12.1 Å². The highest BCUT2D eigenvalue weighted by Crippen LogP contribution is 2.24. The molecule has 0 aliphatic heterocycles. The summed E-state index contributed by atoms with van der Waals surface area (Å²) in [5.41, 5.74) is 1.62. The van der Waals surface area contributed by atoms with Gasteiger partial charge >= 0.3 is 0 Å². The number of furan rings is 1. The van der Waals surface area contributed by atoms with E-state index in [4.69, 9.17) is 4.42 Å². The predicted octanol–water partition coefficient (Wildman–Crippen LogP) is 3.77. The number of hydrogen-bond donors (Lipinski definition) is 1. The van der Waals surface area contributed by atoms with E-state index in [2.05, 4.69) is 15.9 Å². The van der Waals surface area contributed by atoms with Crippen LogP contribution < -0.4 is 0 Å². The molecule has 2 rings (SSSR count). The fourth-order valence-corrected chi connectivity index (χ4v) is 2.28. The Morgan fingerprint density at radius 2 is 2.18 bits per heavy atom. The molecule has 0 spiro atoms. The number of rotatable bonds is 3. The summed E-state index contributed by atoms with van der Waals surface area (Å²) in [7, 11) is 0. The summed E-state index contributed by atoms with van der Waals surface area (Å²) in [6, 6.07) is 6.37. The molecular weight excluding hydrogens is 287 g/mol. The van der Waals surface area contributed by atoms with Crippen molar-refractivity contribution in [2.45, 2.75) is 19.4 Å². The van der Waals surface area contributed by atoms with Gasteiger partial charge in [0.15, 0.2) is 0 Å². The first kappa shape index (κ1) is 12.3. The van der Waals surface area contributed by atoms with Gasteiger partial charge in [-0.05, 0) is 42.3 Å². The van der Waals surface area contributed by atoms with Gasteiger partial charge in [-0.2, -0.15) is 0 Å². The number of aliphatic hydroxyl groups excluding tert-OH is 1. The van der Waals surface area contributed by atoms with Crippen LogP contribution in [0.3, 0.4) is 0 Å². The van der Waals surface area contributed by atoms with Crippen molar-refractivity contribution < 1.29 is 13.9 Å². The standard InChI is InChI=1S/C13H12BrFO2/c1-8-2-3-17-13(8)12(16)6-9-4-10(14)7-11(15)5-9/h2-5,7,12,16H,6H2,1H3. The summed E-state index contributed by atoms with van der Waals surface area (Å²) in [5, 5.41) is 9.99.